The smallest absolute Gasteiger partial charge is 0.394 e. The van der Waals surface area contributed by atoms with Crippen LogP contribution in [0.3, 0.4) is 0 Å². The highest BCUT2D eigenvalue weighted by atomic mass is 31.3. The Morgan fingerprint density at radius 3 is 2.19 bits per heavy atom. The van der Waals surface area contributed by atoms with Crippen molar-refractivity contribution in [1.82, 2.24) is 14.8 Å². The molecule has 2 saturated heterocycles. The van der Waals surface area contributed by atoms with E-state index in [1.807, 2.05) is 4.98 Å². The summed E-state index contributed by atoms with van der Waals surface area (Å²) in [5.74, 6) is 0. The molecule has 3 heterocycles. The number of phosphoric acid groups is 2. The average Bonchev–Trinajstić information content (AvgIpc) is 3.06. The molecule has 0 radical (unpaired) electrons. The van der Waals surface area contributed by atoms with E-state index in [0.29, 0.717) is 10.9 Å². The van der Waals surface area contributed by atoms with Crippen LogP contribution in [0.25, 0.3) is 0 Å². The molecule has 0 aromatic carbocycles. The number of nitrogens with zero attached hydrogens (tertiary/aromatic N) is 2. The summed E-state index contributed by atoms with van der Waals surface area (Å²) < 4.78 is 47.7. The first kappa shape index (κ1) is 29.1. The van der Waals surface area contributed by atoms with Crippen molar-refractivity contribution in [2.24, 2.45) is 0 Å². The van der Waals surface area contributed by atoms with Crippen LogP contribution in [0.5, 0.6) is 0 Å². The zero-order valence-electron chi connectivity index (χ0n) is 17.7. The Morgan fingerprint density at radius 1 is 0.944 bits per heavy atom. The first-order valence-electron chi connectivity index (χ1n) is 9.86. The van der Waals surface area contributed by atoms with Gasteiger partial charge in [-0.05, 0) is 0 Å². The highest BCUT2D eigenvalue weighted by molar-refractivity contribution is 7.61. The van der Waals surface area contributed by atoms with Crippen molar-refractivity contribution < 1.29 is 72.4 Å². The standard InChI is InChI=1S/C14H23N3O17P2/c18-2-4-7(20)9(22)11(24)13(32-4)33-36(28,29)34-35(26,27)30-3-5-8(21)10(23)12(31-5)17-14(25)16-6(19)1-15-17/h1,4-5,7-13,18,20-24H,2-3H2,(H,26,27)(H,28,29)(H,16,19,25)/t4-,5-,7+,8+,9+,10+,11+,12+,13+/m0/s1. The number of aromatic amines is 1. The van der Waals surface area contributed by atoms with Crippen LogP contribution in [-0.4, -0.2) is 117 Å². The fraction of sp³-hybridized carbons (Fsp3) is 0.786. The molecule has 2 aliphatic heterocycles. The molecule has 9 N–H and O–H groups in total. The maximum absolute atomic E-state index is 12.1. The third-order valence-electron chi connectivity index (χ3n) is 5.01. The van der Waals surface area contributed by atoms with Crippen molar-refractivity contribution >= 4 is 15.6 Å². The summed E-state index contributed by atoms with van der Waals surface area (Å²) in [5.41, 5.74) is -1.97. The van der Waals surface area contributed by atoms with Crippen LogP contribution in [0.15, 0.2) is 15.8 Å². The van der Waals surface area contributed by atoms with Crippen LogP contribution in [0.1, 0.15) is 6.23 Å². The van der Waals surface area contributed by atoms with Gasteiger partial charge in [0.1, 0.15) is 48.9 Å². The van der Waals surface area contributed by atoms with Crippen LogP contribution in [0, 0.1) is 0 Å². The maximum atomic E-state index is 12.1. The minimum absolute atomic E-state index is 0.473. The number of aromatic nitrogens is 3. The second-order valence-corrected chi connectivity index (χ2v) is 10.5. The number of hydrogen-bond donors (Lipinski definition) is 9. The molecule has 0 saturated carbocycles. The lowest BCUT2D eigenvalue weighted by atomic mass is 10.00. The predicted octanol–water partition coefficient (Wildman–Crippen LogP) is -5.40. The van der Waals surface area contributed by atoms with Crippen molar-refractivity contribution in [2.75, 3.05) is 13.2 Å². The fourth-order valence-corrected chi connectivity index (χ4v) is 5.40. The lowest BCUT2D eigenvalue weighted by Crippen LogP contribution is -2.58. The van der Waals surface area contributed by atoms with Crippen LogP contribution >= 0.6 is 15.6 Å². The molecule has 0 amide bonds. The fourth-order valence-electron chi connectivity index (χ4n) is 3.24. The Labute approximate surface area is 199 Å². The number of aliphatic hydroxyl groups is 6. The second kappa shape index (κ2) is 11.1. The van der Waals surface area contributed by atoms with Gasteiger partial charge in [-0.1, -0.05) is 0 Å². The quantitative estimate of drug-likeness (QED) is 0.126. The summed E-state index contributed by atoms with van der Waals surface area (Å²) in [4.78, 5) is 44.3. The summed E-state index contributed by atoms with van der Waals surface area (Å²) in [6, 6.07) is 0. The molecule has 0 spiro atoms. The maximum Gasteiger partial charge on any atom is 0.483 e. The third-order valence-corrected chi connectivity index (χ3v) is 7.61. The van der Waals surface area contributed by atoms with Crippen LogP contribution in [0.4, 0.5) is 0 Å². The molecule has 36 heavy (non-hydrogen) atoms. The number of phosphoric ester groups is 2. The lowest BCUT2D eigenvalue weighted by Gasteiger charge is -2.39. The summed E-state index contributed by atoms with van der Waals surface area (Å²) in [5, 5.41) is 61.9. The summed E-state index contributed by atoms with van der Waals surface area (Å²) in [6.45, 7) is -1.96. The topological polar surface area (TPSA) is 310 Å². The van der Waals surface area contributed by atoms with Crippen LogP contribution in [-0.2, 0) is 32.0 Å². The Hall–Kier alpha value is -1.45. The Bertz CT molecular complexity index is 1130. The Morgan fingerprint density at radius 2 is 1.58 bits per heavy atom. The third kappa shape index (κ3) is 6.51. The number of rotatable bonds is 9. The second-order valence-electron chi connectivity index (χ2n) is 7.55. The molecular weight excluding hydrogens is 544 g/mol. The monoisotopic (exact) mass is 567 g/mol. The first-order chi connectivity index (χ1) is 16.7. The molecule has 1 aromatic heterocycles. The molecular formula is C14H23N3O17P2. The zero-order valence-corrected chi connectivity index (χ0v) is 19.5. The molecule has 0 aliphatic carbocycles. The van der Waals surface area contributed by atoms with E-state index < -0.39 is 95.4 Å². The number of nitrogens with one attached hydrogen (secondary N) is 1. The minimum atomic E-state index is -5.60. The molecule has 2 fully saturated rings. The van der Waals surface area contributed by atoms with Gasteiger partial charge in [-0.25, -0.2) is 13.9 Å². The highest BCUT2D eigenvalue weighted by Crippen LogP contribution is 2.61. The molecule has 22 heteroatoms. The molecule has 2 unspecified atom stereocenters. The molecule has 20 nitrogen and oxygen atoms in total. The van der Waals surface area contributed by atoms with E-state index in [9.17, 15) is 54.0 Å². The van der Waals surface area contributed by atoms with Crippen LogP contribution < -0.4 is 11.2 Å². The number of ether oxygens (including phenoxy) is 2. The predicted molar refractivity (Wildman–Crippen MR) is 107 cm³/mol. The van der Waals surface area contributed by atoms with Gasteiger partial charge < -0.3 is 49.9 Å². The first-order valence-corrected chi connectivity index (χ1v) is 12.8. The Kier molecular flexibility index (Phi) is 8.99. The molecule has 3 rings (SSSR count). The average molecular weight is 567 g/mol. The van der Waals surface area contributed by atoms with Crippen molar-refractivity contribution in [3.63, 3.8) is 0 Å². The van der Waals surface area contributed by atoms with Gasteiger partial charge in [-0.2, -0.15) is 14.1 Å². The van der Waals surface area contributed by atoms with E-state index in [2.05, 4.69) is 18.5 Å². The largest absolute Gasteiger partial charge is 0.483 e. The van der Waals surface area contributed by atoms with Gasteiger partial charge in [-0.15, -0.1) is 0 Å². The highest BCUT2D eigenvalue weighted by Gasteiger charge is 2.49. The van der Waals surface area contributed by atoms with Crippen molar-refractivity contribution in [2.45, 2.75) is 55.2 Å². The molecule has 2 aliphatic rings. The van der Waals surface area contributed by atoms with Gasteiger partial charge in [0, 0.05) is 0 Å². The van der Waals surface area contributed by atoms with Crippen molar-refractivity contribution in [3.8, 4) is 0 Å². The molecule has 11 atom stereocenters. The van der Waals surface area contributed by atoms with E-state index >= 15 is 0 Å². The minimum Gasteiger partial charge on any atom is -0.394 e. The van der Waals surface area contributed by atoms with E-state index in [0.717, 1.165) is 0 Å². The number of H-pyrrole nitrogens is 1. The van der Waals surface area contributed by atoms with Gasteiger partial charge >= 0.3 is 21.3 Å². The zero-order chi connectivity index (χ0) is 27.0. The van der Waals surface area contributed by atoms with Gasteiger partial charge in [0.15, 0.2) is 12.5 Å². The Balaban J connectivity index is 1.61. The number of hydrogen-bond acceptors (Lipinski definition) is 16. The van der Waals surface area contributed by atoms with E-state index in [1.165, 1.54) is 0 Å². The van der Waals surface area contributed by atoms with E-state index in [1.54, 1.807) is 0 Å². The molecule has 0 bridgehead atoms. The summed E-state index contributed by atoms with van der Waals surface area (Å²) >= 11 is 0. The van der Waals surface area contributed by atoms with E-state index in [-0.39, 0.29) is 0 Å². The summed E-state index contributed by atoms with van der Waals surface area (Å²) in [6.07, 6.45) is -15.9. The van der Waals surface area contributed by atoms with E-state index in [4.69, 9.17) is 14.6 Å². The van der Waals surface area contributed by atoms with Crippen molar-refractivity contribution in [1.29, 1.82) is 0 Å². The lowest BCUT2D eigenvalue weighted by molar-refractivity contribution is -0.280. The normalized spacial score (nSPS) is 38.4. The molecule has 1 aromatic rings. The van der Waals surface area contributed by atoms with Gasteiger partial charge in [-0.3, -0.25) is 18.8 Å². The summed E-state index contributed by atoms with van der Waals surface area (Å²) in [7, 11) is -11.1. The van der Waals surface area contributed by atoms with Crippen molar-refractivity contribution in [3.05, 3.63) is 27.0 Å². The SMILES string of the molecule is O=c1cnn([C@@H]2O[C@@H](COP(=O)(O)OP(=O)(O)O[C@H]3O[C@@H](CO)[C@@H](O)[C@@H](O)[C@H]3O)[C@@H](O)[C@H]2O)c(=O)[nH]1. The number of aliphatic hydroxyl groups excluding tert-OH is 6. The van der Waals surface area contributed by atoms with Crippen LogP contribution in [0.2, 0.25) is 0 Å². The molecule has 206 valence electrons. The van der Waals surface area contributed by atoms with Gasteiger partial charge in [0.05, 0.1) is 13.2 Å². The van der Waals surface area contributed by atoms with Gasteiger partial charge in [0.25, 0.3) is 5.56 Å². The van der Waals surface area contributed by atoms with Gasteiger partial charge in [0.2, 0.25) is 0 Å².